The second-order valence-electron chi connectivity index (χ2n) is 5.25. The molecule has 4 rings (SSSR count). The van der Waals surface area contributed by atoms with Crippen LogP contribution in [0.1, 0.15) is 6.42 Å². The second kappa shape index (κ2) is 6.22. The van der Waals surface area contributed by atoms with Gasteiger partial charge in [-0.1, -0.05) is 23.5 Å². The molecule has 0 amide bonds. The van der Waals surface area contributed by atoms with Crippen LogP contribution in [-0.2, 0) is 0 Å². The molecular formula is C18H15ClN2OS. The third-order valence-electron chi connectivity index (χ3n) is 3.73. The SMILES string of the molecule is ClCCCOc1ccc(-c2cnc3sc4ccccc4n23)cc1. The molecule has 5 heteroatoms. The van der Waals surface area contributed by atoms with Gasteiger partial charge in [0.15, 0.2) is 4.96 Å². The maximum absolute atomic E-state index is 5.66. The summed E-state index contributed by atoms with van der Waals surface area (Å²) in [6, 6.07) is 16.5. The Morgan fingerprint density at radius 1 is 1.09 bits per heavy atom. The Labute approximate surface area is 143 Å². The van der Waals surface area contributed by atoms with Crippen molar-refractivity contribution in [2.75, 3.05) is 12.5 Å². The van der Waals surface area contributed by atoms with Crippen molar-refractivity contribution in [3.05, 3.63) is 54.7 Å². The average molecular weight is 343 g/mol. The summed E-state index contributed by atoms with van der Waals surface area (Å²) >= 11 is 7.37. The number of ether oxygens (including phenoxy) is 1. The van der Waals surface area contributed by atoms with Gasteiger partial charge in [-0.05, 0) is 42.8 Å². The monoisotopic (exact) mass is 342 g/mol. The summed E-state index contributed by atoms with van der Waals surface area (Å²) in [5, 5.41) is 0. The van der Waals surface area contributed by atoms with Crippen molar-refractivity contribution in [2.24, 2.45) is 0 Å². The molecule has 23 heavy (non-hydrogen) atoms. The maximum atomic E-state index is 5.66. The number of thiazole rings is 1. The lowest BCUT2D eigenvalue weighted by atomic mass is 10.1. The molecule has 0 fully saturated rings. The van der Waals surface area contributed by atoms with Crippen molar-refractivity contribution in [1.82, 2.24) is 9.38 Å². The van der Waals surface area contributed by atoms with Crippen LogP contribution >= 0.6 is 22.9 Å². The van der Waals surface area contributed by atoms with Crippen LogP contribution in [-0.4, -0.2) is 21.9 Å². The van der Waals surface area contributed by atoms with Crippen molar-refractivity contribution < 1.29 is 4.74 Å². The maximum Gasteiger partial charge on any atom is 0.195 e. The molecule has 0 N–H and O–H groups in total. The summed E-state index contributed by atoms with van der Waals surface area (Å²) in [4.78, 5) is 5.57. The van der Waals surface area contributed by atoms with Gasteiger partial charge in [0.05, 0.1) is 28.7 Å². The first-order valence-electron chi connectivity index (χ1n) is 7.51. The van der Waals surface area contributed by atoms with E-state index in [1.54, 1.807) is 11.3 Å². The number of hydrogen-bond donors (Lipinski definition) is 0. The molecule has 2 heterocycles. The highest BCUT2D eigenvalue weighted by atomic mass is 35.5. The predicted molar refractivity (Wildman–Crippen MR) is 96.8 cm³/mol. The molecule has 0 aliphatic heterocycles. The minimum atomic E-state index is 0.622. The molecular weight excluding hydrogens is 328 g/mol. The number of fused-ring (bicyclic) bond motifs is 3. The molecule has 0 spiro atoms. The number of benzene rings is 2. The average Bonchev–Trinajstić information content (AvgIpc) is 3.15. The first-order chi connectivity index (χ1) is 11.4. The summed E-state index contributed by atoms with van der Waals surface area (Å²) in [5.41, 5.74) is 3.43. The van der Waals surface area contributed by atoms with Crippen LogP contribution in [0.5, 0.6) is 5.75 Å². The van der Waals surface area contributed by atoms with Crippen LogP contribution in [0.4, 0.5) is 0 Å². The van der Waals surface area contributed by atoms with Gasteiger partial charge in [-0.25, -0.2) is 4.98 Å². The topological polar surface area (TPSA) is 26.5 Å². The largest absolute Gasteiger partial charge is 0.494 e. The van der Waals surface area contributed by atoms with Crippen LogP contribution < -0.4 is 4.74 Å². The van der Waals surface area contributed by atoms with E-state index in [-0.39, 0.29) is 0 Å². The fourth-order valence-electron chi connectivity index (χ4n) is 2.64. The Morgan fingerprint density at radius 3 is 2.74 bits per heavy atom. The van der Waals surface area contributed by atoms with Crippen LogP contribution in [0.2, 0.25) is 0 Å². The van der Waals surface area contributed by atoms with Crippen molar-refractivity contribution in [2.45, 2.75) is 6.42 Å². The van der Waals surface area contributed by atoms with Gasteiger partial charge >= 0.3 is 0 Å². The van der Waals surface area contributed by atoms with E-state index in [4.69, 9.17) is 16.3 Å². The van der Waals surface area contributed by atoms with Crippen LogP contribution in [0.3, 0.4) is 0 Å². The summed E-state index contributed by atoms with van der Waals surface area (Å²) in [6.07, 6.45) is 2.79. The number of hydrogen-bond acceptors (Lipinski definition) is 3. The molecule has 0 aliphatic rings. The molecule has 0 saturated heterocycles. The van der Waals surface area contributed by atoms with Gasteiger partial charge in [0.25, 0.3) is 0 Å². The zero-order chi connectivity index (χ0) is 15.6. The summed E-state index contributed by atoms with van der Waals surface area (Å²) < 4.78 is 9.12. The van der Waals surface area contributed by atoms with Gasteiger partial charge in [-0.2, -0.15) is 0 Å². The zero-order valence-electron chi connectivity index (χ0n) is 12.4. The zero-order valence-corrected chi connectivity index (χ0v) is 14.0. The lowest BCUT2D eigenvalue weighted by Gasteiger charge is -2.06. The second-order valence-corrected chi connectivity index (χ2v) is 6.63. The Bertz CT molecular complexity index is 943. The van der Waals surface area contributed by atoms with Gasteiger partial charge < -0.3 is 4.74 Å². The fourth-order valence-corrected chi connectivity index (χ4v) is 3.75. The Morgan fingerprint density at radius 2 is 1.91 bits per heavy atom. The summed E-state index contributed by atoms with van der Waals surface area (Å²) in [6.45, 7) is 0.648. The van der Waals surface area contributed by atoms with Crippen molar-refractivity contribution in [3.8, 4) is 17.0 Å². The van der Waals surface area contributed by atoms with Gasteiger partial charge in [0, 0.05) is 11.4 Å². The van der Waals surface area contributed by atoms with E-state index in [0.717, 1.165) is 28.4 Å². The highest BCUT2D eigenvalue weighted by Gasteiger charge is 2.11. The van der Waals surface area contributed by atoms with Crippen molar-refractivity contribution >= 4 is 38.1 Å². The Kier molecular flexibility index (Phi) is 3.93. The molecule has 0 radical (unpaired) electrons. The van der Waals surface area contributed by atoms with Gasteiger partial charge in [0.2, 0.25) is 0 Å². The van der Waals surface area contributed by atoms with E-state index in [0.29, 0.717) is 12.5 Å². The van der Waals surface area contributed by atoms with E-state index in [1.165, 1.54) is 10.2 Å². The lowest BCUT2D eigenvalue weighted by Crippen LogP contribution is -1.97. The van der Waals surface area contributed by atoms with Crippen LogP contribution in [0, 0.1) is 0 Å². The Balaban J connectivity index is 1.71. The van der Waals surface area contributed by atoms with Crippen molar-refractivity contribution in [3.63, 3.8) is 0 Å². The van der Waals surface area contributed by atoms with Gasteiger partial charge in [-0.15, -0.1) is 11.6 Å². The molecule has 0 atom stereocenters. The highest BCUT2D eigenvalue weighted by Crippen LogP contribution is 2.31. The molecule has 4 aromatic rings. The third kappa shape index (κ3) is 2.69. The molecule has 0 unspecified atom stereocenters. The fraction of sp³-hybridized carbons (Fsp3) is 0.167. The highest BCUT2D eigenvalue weighted by molar-refractivity contribution is 7.23. The predicted octanol–water partition coefficient (Wildman–Crippen LogP) is 5.22. The van der Waals surface area contributed by atoms with E-state index < -0.39 is 0 Å². The van der Waals surface area contributed by atoms with E-state index in [9.17, 15) is 0 Å². The number of para-hydroxylation sites is 1. The number of alkyl halides is 1. The number of nitrogens with zero attached hydrogens (tertiary/aromatic N) is 2. The molecule has 116 valence electrons. The lowest BCUT2D eigenvalue weighted by molar-refractivity contribution is 0.318. The van der Waals surface area contributed by atoms with Gasteiger partial charge in [-0.3, -0.25) is 4.40 Å². The van der Waals surface area contributed by atoms with Crippen molar-refractivity contribution in [1.29, 1.82) is 0 Å². The van der Waals surface area contributed by atoms with E-state index >= 15 is 0 Å². The number of rotatable bonds is 5. The van der Waals surface area contributed by atoms with Gasteiger partial charge in [0.1, 0.15) is 5.75 Å². The number of halogens is 1. The van der Waals surface area contributed by atoms with E-state index in [2.05, 4.69) is 45.8 Å². The summed E-state index contributed by atoms with van der Waals surface area (Å²) in [7, 11) is 0. The molecule has 0 bridgehead atoms. The molecule has 3 nitrogen and oxygen atoms in total. The molecule has 2 aromatic heterocycles. The summed E-state index contributed by atoms with van der Waals surface area (Å²) in [5.74, 6) is 1.49. The smallest absolute Gasteiger partial charge is 0.195 e. The first-order valence-corrected chi connectivity index (χ1v) is 8.86. The number of imidazole rings is 1. The van der Waals surface area contributed by atoms with Crippen LogP contribution in [0.15, 0.2) is 54.7 Å². The normalized spacial score (nSPS) is 11.3. The first kappa shape index (κ1) is 14.5. The molecule has 0 saturated carbocycles. The minimum absolute atomic E-state index is 0.622. The van der Waals surface area contributed by atoms with E-state index in [1.807, 2.05) is 18.3 Å². The molecule has 2 aromatic carbocycles. The third-order valence-corrected chi connectivity index (χ3v) is 5.04. The number of aromatic nitrogens is 2. The molecule has 0 aliphatic carbocycles. The quantitative estimate of drug-likeness (QED) is 0.367. The Hall–Kier alpha value is -2.04. The minimum Gasteiger partial charge on any atom is -0.494 e. The standard InChI is InChI=1S/C18H15ClN2OS/c19-10-3-11-22-14-8-6-13(7-9-14)16-12-20-18-21(16)15-4-1-2-5-17(15)23-18/h1-2,4-9,12H,3,10-11H2. The van der Waals surface area contributed by atoms with Crippen LogP contribution in [0.25, 0.3) is 26.4 Å².